The number of aryl methyl sites for hydroxylation is 3. The Bertz CT molecular complexity index is 791. The molecule has 2 aromatic heterocycles. The molecule has 0 atom stereocenters. The number of hydrogen-bond acceptors (Lipinski definition) is 7. The second-order valence-corrected chi connectivity index (χ2v) is 6.84. The van der Waals surface area contributed by atoms with Crippen LogP contribution in [0.3, 0.4) is 0 Å². The van der Waals surface area contributed by atoms with Crippen LogP contribution in [0.2, 0.25) is 0 Å². The lowest BCUT2D eigenvalue weighted by Crippen LogP contribution is -2.47. The quantitative estimate of drug-likeness (QED) is 0.805. The van der Waals surface area contributed by atoms with Crippen LogP contribution in [-0.2, 0) is 19.4 Å². The van der Waals surface area contributed by atoms with Gasteiger partial charge in [-0.05, 0) is 38.2 Å². The number of piperazine rings is 1. The van der Waals surface area contributed by atoms with Crippen molar-refractivity contribution in [2.75, 3.05) is 37.6 Å². The molecular weight excluding hydrogens is 320 g/mol. The Kier molecular flexibility index (Phi) is 4.52. The van der Waals surface area contributed by atoms with Gasteiger partial charge < -0.3 is 9.42 Å². The van der Waals surface area contributed by atoms with Gasteiger partial charge in [0.25, 0.3) is 5.56 Å². The minimum absolute atomic E-state index is 0.0284. The second-order valence-electron chi connectivity index (χ2n) is 6.84. The van der Waals surface area contributed by atoms with Crippen molar-refractivity contribution < 1.29 is 4.52 Å². The van der Waals surface area contributed by atoms with Gasteiger partial charge in [-0.3, -0.25) is 9.69 Å². The van der Waals surface area contributed by atoms with Crippen molar-refractivity contribution in [1.82, 2.24) is 24.8 Å². The Morgan fingerprint density at radius 1 is 1.12 bits per heavy atom. The molecule has 8 nitrogen and oxygen atoms in total. The molecule has 0 unspecified atom stereocenters. The van der Waals surface area contributed by atoms with E-state index in [2.05, 4.69) is 25.0 Å². The van der Waals surface area contributed by atoms with Crippen LogP contribution in [0.5, 0.6) is 0 Å². The van der Waals surface area contributed by atoms with Gasteiger partial charge in [0.15, 0.2) is 5.82 Å². The zero-order valence-electron chi connectivity index (χ0n) is 14.6. The summed E-state index contributed by atoms with van der Waals surface area (Å²) in [6.07, 6.45) is 4.34. The monoisotopic (exact) mass is 344 g/mol. The fourth-order valence-corrected chi connectivity index (χ4v) is 3.57. The van der Waals surface area contributed by atoms with E-state index < -0.39 is 0 Å². The normalized spacial score (nSPS) is 18.4. The molecule has 0 saturated carbocycles. The van der Waals surface area contributed by atoms with E-state index in [1.807, 2.05) is 6.92 Å². The minimum Gasteiger partial charge on any atom is -0.322 e. The van der Waals surface area contributed by atoms with E-state index in [9.17, 15) is 4.79 Å². The van der Waals surface area contributed by atoms with Gasteiger partial charge in [0.1, 0.15) is 0 Å². The summed E-state index contributed by atoms with van der Waals surface area (Å²) < 4.78 is 6.86. The predicted molar refractivity (Wildman–Crippen MR) is 92.8 cm³/mol. The molecule has 2 aliphatic rings. The standard InChI is InChI=1S/C17H24N6O2/c1-13-18-17(25-20-13)22-9-6-21(7-10-22)8-11-23-16(24)12-14-4-2-3-5-15(14)19-23/h12H,2-11H2,1H3. The van der Waals surface area contributed by atoms with Crippen molar-refractivity contribution in [2.24, 2.45) is 0 Å². The van der Waals surface area contributed by atoms with Gasteiger partial charge in [-0.1, -0.05) is 5.16 Å². The third-order valence-corrected chi connectivity index (χ3v) is 5.06. The molecule has 2 aromatic rings. The van der Waals surface area contributed by atoms with Crippen LogP contribution < -0.4 is 10.5 Å². The molecule has 1 aliphatic carbocycles. The summed E-state index contributed by atoms with van der Waals surface area (Å²) in [5, 5.41) is 8.44. The molecule has 1 saturated heterocycles. The predicted octanol–water partition coefficient (Wildman–Crippen LogP) is 0.636. The molecule has 0 spiro atoms. The summed E-state index contributed by atoms with van der Waals surface area (Å²) in [5.41, 5.74) is 2.29. The van der Waals surface area contributed by atoms with E-state index >= 15 is 0 Å². The molecule has 8 heteroatoms. The number of rotatable bonds is 4. The number of nitrogens with zero attached hydrogens (tertiary/aromatic N) is 6. The second kappa shape index (κ2) is 6.95. The fraction of sp³-hybridized carbons (Fsp3) is 0.647. The lowest BCUT2D eigenvalue weighted by atomic mass is 9.97. The van der Waals surface area contributed by atoms with E-state index in [4.69, 9.17) is 4.52 Å². The van der Waals surface area contributed by atoms with Crippen molar-refractivity contribution in [3.63, 3.8) is 0 Å². The molecule has 0 radical (unpaired) electrons. The first-order chi connectivity index (χ1) is 12.2. The third kappa shape index (κ3) is 3.58. The topological polar surface area (TPSA) is 80.3 Å². The van der Waals surface area contributed by atoms with Crippen LogP contribution in [0.1, 0.15) is 29.9 Å². The number of fused-ring (bicyclic) bond motifs is 1. The van der Waals surface area contributed by atoms with E-state index in [1.54, 1.807) is 10.7 Å². The lowest BCUT2D eigenvalue weighted by Gasteiger charge is -2.33. The van der Waals surface area contributed by atoms with E-state index in [1.165, 1.54) is 12.8 Å². The third-order valence-electron chi connectivity index (χ3n) is 5.06. The van der Waals surface area contributed by atoms with Gasteiger partial charge in [-0.2, -0.15) is 10.1 Å². The Labute approximate surface area is 146 Å². The van der Waals surface area contributed by atoms with Crippen molar-refractivity contribution in [3.8, 4) is 0 Å². The maximum Gasteiger partial charge on any atom is 0.324 e. The van der Waals surface area contributed by atoms with Crippen LogP contribution >= 0.6 is 0 Å². The fourth-order valence-electron chi connectivity index (χ4n) is 3.57. The number of aromatic nitrogens is 4. The van der Waals surface area contributed by atoms with E-state index in [-0.39, 0.29) is 5.56 Å². The van der Waals surface area contributed by atoms with Gasteiger partial charge in [-0.15, -0.1) is 0 Å². The highest BCUT2D eigenvalue weighted by atomic mass is 16.5. The van der Waals surface area contributed by atoms with Crippen molar-refractivity contribution in [1.29, 1.82) is 0 Å². The SMILES string of the molecule is Cc1noc(N2CCN(CCn3nc4c(cc3=O)CCCC4)CC2)n1. The first-order valence-corrected chi connectivity index (χ1v) is 9.06. The first kappa shape index (κ1) is 16.3. The Morgan fingerprint density at radius 3 is 2.68 bits per heavy atom. The number of hydrogen-bond donors (Lipinski definition) is 0. The summed E-state index contributed by atoms with van der Waals surface area (Å²) in [7, 11) is 0. The summed E-state index contributed by atoms with van der Waals surface area (Å²) in [5.74, 6) is 0.662. The molecule has 0 amide bonds. The summed E-state index contributed by atoms with van der Waals surface area (Å²) in [4.78, 5) is 21.0. The zero-order chi connectivity index (χ0) is 17.2. The molecule has 4 rings (SSSR count). The Morgan fingerprint density at radius 2 is 1.92 bits per heavy atom. The molecule has 134 valence electrons. The molecule has 3 heterocycles. The van der Waals surface area contributed by atoms with Crippen molar-refractivity contribution >= 4 is 6.01 Å². The Hall–Kier alpha value is -2.22. The highest BCUT2D eigenvalue weighted by molar-refractivity contribution is 5.25. The van der Waals surface area contributed by atoms with Crippen LogP contribution in [0, 0.1) is 6.92 Å². The molecule has 1 fully saturated rings. The Balaban J connectivity index is 1.33. The molecule has 0 bridgehead atoms. The van der Waals surface area contributed by atoms with Gasteiger partial charge in [-0.25, -0.2) is 4.68 Å². The van der Waals surface area contributed by atoms with Gasteiger partial charge >= 0.3 is 6.01 Å². The van der Waals surface area contributed by atoms with Crippen LogP contribution in [-0.4, -0.2) is 57.5 Å². The summed E-state index contributed by atoms with van der Waals surface area (Å²) in [6.45, 7) is 6.85. The van der Waals surface area contributed by atoms with E-state index in [0.717, 1.165) is 56.8 Å². The van der Waals surface area contributed by atoms with E-state index in [0.29, 0.717) is 18.4 Å². The summed E-state index contributed by atoms with van der Waals surface area (Å²) >= 11 is 0. The maximum absolute atomic E-state index is 12.2. The molecule has 1 aliphatic heterocycles. The van der Waals surface area contributed by atoms with Gasteiger partial charge in [0.2, 0.25) is 0 Å². The number of anilines is 1. The first-order valence-electron chi connectivity index (χ1n) is 9.06. The molecule has 25 heavy (non-hydrogen) atoms. The maximum atomic E-state index is 12.2. The summed E-state index contributed by atoms with van der Waals surface area (Å²) in [6, 6.07) is 2.39. The zero-order valence-corrected chi connectivity index (χ0v) is 14.6. The van der Waals surface area contributed by atoms with Crippen molar-refractivity contribution in [2.45, 2.75) is 39.2 Å². The van der Waals surface area contributed by atoms with Crippen molar-refractivity contribution in [3.05, 3.63) is 33.5 Å². The van der Waals surface area contributed by atoms with Crippen LogP contribution in [0.15, 0.2) is 15.4 Å². The minimum atomic E-state index is 0.0284. The largest absolute Gasteiger partial charge is 0.324 e. The average molecular weight is 344 g/mol. The molecule has 0 aromatic carbocycles. The lowest BCUT2D eigenvalue weighted by molar-refractivity contribution is 0.236. The highest BCUT2D eigenvalue weighted by Crippen LogP contribution is 2.17. The van der Waals surface area contributed by atoms with Gasteiger partial charge in [0.05, 0.1) is 12.2 Å². The van der Waals surface area contributed by atoms with Gasteiger partial charge in [0, 0.05) is 38.8 Å². The van der Waals surface area contributed by atoms with Crippen LogP contribution in [0.4, 0.5) is 6.01 Å². The molecular formula is C17H24N6O2. The molecule has 0 N–H and O–H groups in total. The van der Waals surface area contributed by atoms with Crippen LogP contribution in [0.25, 0.3) is 0 Å². The highest BCUT2D eigenvalue weighted by Gasteiger charge is 2.21. The average Bonchev–Trinajstić information content (AvgIpc) is 3.07. The smallest absolute Gasteiger partial charge is 0.322 e.